The first-order chi connectivity index (χ1) is 24.2. The maximum absolute atomic E-state index is 2.88. The minimum Gasteiger partial charge on any atom is -0.335 e. The van der Waals surface area contributed by atoms with E-state index < -0.39 is 0 Å². The van der Waals surface area contributed by atoms with E-state index in [0.717, 1.165) is 0 Å². The van der Waals surface area contributed by atoms with Crippen LogP contribution in [0.1, 0.15) is 103 Å². The molecule has 1 aliphatic carbocycles. The van der Waals surface area contributed by atoms with Crippen molar-refractivity contribution in [2.24, 2.45) is 0 Å². The number of nitrogens with zero attached hydrogens (tertiary/aromatic N) is 2. The largest absolute Gasteiger partial charge is 0.335 e. The van der Waals surface area contributed by atoms with Gasteiger partial charge in [-0.05, 0) is 118 Å². The van der Waals surface area contributed by atoms with Gasteiger partial charge in [-0.15, -0.1) is 11.3 Å². The summed E-state index contributed by atoms with van der Waals surface area (Å²) < 4.78 is 2.80. The van der Waals surface area contributed by atoms with Crippen molar-refractivity contribution < 1.29 is 0 Å². The molecular formula is C47H49BN2S. The lowest BCUT2D eigenvalue weighted by Crippen LogP contribution is -2.64. The van der Waals surface area contributed by atoms with Crippen LogP contribution in [-0.4, -0.2) is 12.3 Å². The summed E-state index contributed by atoms with van der Waals surface area (Å²) in [5.41, 5.74) is 17.3. The number of hydrogen-bond donors (Lipinski definition) is 0. The van der Waals surface area contributed by atoms with Gasteiger partial charge in [0.1, 0.15) is 0 Å². The molecule has 1 fully saturated rings. The van der Waals surface area contributed by atoms with Crippen molar-refractivity contribution >= 4 is 83.0 Å². The molecule has 0 amide bonds. The number of benzene rings is 5. The van der Waals surface area contributed by atoms with Crippen molar-refractivity contribution in [2.45, 2.75) is 110 Å². The third kappa shape index (κ3) is 4.06. The summed E-state index contributed by atoms with van der Waals surface area (Å²) in [6.07, 6.45) is 5.04. The molecule has 2 unspecified atom stereocenters. The van der Waals surface area contributed by atoms with E-state index in [1.165, 1.54) is 107 Å². The zero-order valence-corrected chi connectivity index (χ0v) is 32.6. The Bertz CT molecular complexity index is 2460. The van der Waals surface area contributed by atoms with Crippen LogP contribution >= 0.6 is 11.3 Å². The number of rotatable bonds is 1. The van der Waals surface area contributed by atoms with Crippen molar-refractivity contribution in [2.75, 3.05) is 9.80 Å². The van der Waals surface area contributed by atoms with Crippen LogP contribution in [0.3, 0.4) is 0 Å². The molecule has 51 heavy (non-hydrogen) atoms. The smallest absolute Gasteiger partial charge is 0.254 e. The van der Waals surface area contributed by atoms with E-state index in [9.17, 15) is 0 Å². The molecule has 5 aromatic carbocycles. The van der Waals surface area contributed by atoms with Gasteiger partial charge in [0, 0.05) is 48.6 Å². The van der Waals surface area contributed by atoms with Crippen molar-refractivity contribution in [1.29, 1.82) is 0 Å². The Labute approximate surface area is 308 Å². The molecule has 0 bridgehead atoms. The molecular weight excluding hydrogens is 635 g/mol. The molecule has 1 saturated carbocycles. The van der Waals surface area contributed by atoms with Crippen molar-refractivity contribution in [3.8, 4) is 0 Å². The summed E-state index contributed by atoms with van der Waals surface area (Å²) in [4.78, 5) is 5.49. The number of thiophene rings is 1. The highest BCUT2D eigenvalue weighted by Crippen LogP contribution is 2.62. The molecule has 4 heteroatoms. The van der Waals surface area contributed by atoms with E-state index in [4.69, 9.17) is 0 Å². The van der Waals surface area contributed by atoms with Crippen LogP contribution in [0.15, 0.2) is 84.9 Å². The maximum Gasteiger partial charge on any atom is 0.254 e. The first-order valence-electron chi connectivity index (χ1n) is 19.2. The normalized spacial score (nSPS) is 21.9. The lowest BCUT2D eigenvalue weighted by molar-refractivity contribution is 0.195. The zero-order valence-electron chi connectivity index (χ0n) is 31.8. The van der Waals surface area contributed by atoms with Gasteiger partial charge in [0.15, 0.2) is 0 Å². The van der Waals surface area contributed by atoms with E-state index in [1.807, 2.05) is 11.3 Å². The fraction of sp³-hybridized carbons (Fsp3) is 0.362. The molecule has 10 rings (SSSR count). The number of aryl methyl sites for hydroxylation is 1. The highest BCUT2D eigenvalue weighted by Gasteiger charge is 2.61. The van der Waals surface area contributed by atoms with Gasteiger partial charge < -0.3 is 9.80 Å². The maximum atomic E-state index is 2.88. The van der Waals surface area contributed by atoms with Gasteiger partial charge in [0.25, 0.3) is 6.71 Å². The van der Waals surface area contributed by atoms with Gasteiger partial charge in [0.05, 0.1) is 5.54 Å². The fourth-order valence-corrected chi connectivity index (χ4v) is 11.8. The second-order valence-corrected chi connectivity index (χ2v) is 19.7. The van der Waals surface area contributed by atoms with Crippen LogP contribution in [0.2, 0.25) is 0 Å². The van der Waals surface area contributed by atoms with Crippen molar-refractivity contribution in [3.05, 3.63) is 107 Å². The van der Waals surface area contributed by atoms with E-state index in [2.05, 4.69) is 157 Å². The van der Waals surface area contributed by atoms with Crippen LogP contribution in [-0.2, 0) is 16.2 Å². The Kier molecular flexibility index (Phi) is 6.28. The molecule has 1 aromatic heterocycles. The molecule has 2 nitrogen and oxygen atoms in total. The molecule has 3 aliphatic heterocycles. The zero-order chi connectivity index (χ0) is 35.4. The minimum atomic E-state index is 0.00839. The quantitative estimate of drug-likeness (QED) is 0.159. The Morgan fingerprint density at radius 2 is 1.39 bits per heavy atom. The van der Waals surface area contributed by atoms with E-state index in [-0.39, 0.29) is 28.5 Å². The summed E-state index contributed by atoms with van der Waals surface area (Å²) in [5, 5.41) is 2.75. The minimum absolute atomic E-state index is 0.00839. The lowest BCUT2D eigenvalue weighted by Gasteiger charge is -2.52. The molecule has 0 radical (unpaired) electrons. The number of fused-ring (bicyclic) bond motifs is 11. The molecule has 6 aromatic rings. The number of hydrogen-bond acceptors (Lipinski definition) is 3. The molecule has 4 aliphatic rings. The Morgan fingerprint density at radius 1 is 0.686 bits per heavy atom. The van der Waals surface area contributed by atoms with E-state index >= 15 is 0 Å². The standard InChI is InChI=1S/C47H49BN2S/c1-28-24-37-40-38(25-28)50-42-34(46(8)22-12-13-23-47(46,50)9)26-30(45(5,6)7)27-35(42)48(40)41-36(49(37)31-18-16-29(17-19-31)44(2,3)4)21-20-33-32-14-10-11-15-39(32)51-43(33)41/h10-11,14-21,24-27H,12-13,22-23H2,1-9H3. The topological polar surface area (TPSA) is 6.48 Å². The van der Waals surface area contributed by atoms with Crippen molar-refractivity contribution in [1.82, 2.24) is 0 Å². The van der Waals surface area contributed by atoms with Gasteiger partial charge >= 0.3 is 0 Å². The third-order valence-electron chi connectivity index (χ3n) is 13.5. The van der Waals surface area contributed by atoms with Crippen LogP contribution in [0.5, 0.6) is 0 Å². The summed E-state index contributed by atoms with van der Waals surface area (Å²) in [6.45, 7) is 21.8. The van der Waals surface area contributed by atoms with Crippen LogP contribution in [0.4, 0.5) is 28.4 Å². The van der Waals surface area contributed by atoms with Crippen LogP contribution < -0.4 is 26.2 Å². The molecule has 4 heterocycles. The molecule has 0 spiro atoms. The van der Waals surface area contributed by atoms with E-state index in [0.29, 0.717) is 0 Å². The highest BCUT2D eigenvalue weighted by molar-refractivity contribution is 7.28. The van der Waals surface area contributed by atoms with Gasteiger partial charge in [-0.1, -0.05) is 110 Å². The Morgan fingerprint density at radius 3 is 2.14 bits per heavy atom. The predicted molar refractivity (Wildman–Crippen MR) is 224 cm³/mol. The summed E-state index contributed by atoms with van der Waals surface area (Å²) >= 11 is 1.99. The molecule has 2 atom stereocenters. The SMILES string of the molecule is Cc1cc2c3c(c1)N1c4c(cc(C(C)(C)C)cc4C4(C)CCCCC14C)B3c1c(ccc3c1sc1ccccc13)N2c1ccc(C(C)(C)C)cc1. The lowest BCUT2D eigenvalue weighted by atomic mass is 9.33. The van der Waals surface area contributed by atoms with Gasteiger partial charge in [-0.25, -0.2) is 0 Å². The second kappa shape index (κ2) is 10.1. The van der Waals surface area contributed by atoms with E-state index in [1.54, 1.807) is 5.56 Å². The highest BCUT2D eigenvalue weighted by atomic mass is 32.1. The third-order valence-corrected chi connectivity index (χ3v) is 14.8. The average molecular weight is 685 g/mol. The summed E-state index contributed by atoms with van der Waals surface area (Å²) in [6, 6.07) is 33.6. The molecule has 0 saturated heterocycles. The fourth-order valence-electron chi connectivity index (χ4n) is 10.6. The number of anilines is 5. The van der Waals surface area contributed by atoms with Gasteiger partial charge in [0.2, 0.25) is 0 Å². The first kappa shape index (κ1) is 31.7. The Hall–Kier alpha value is -4.02. The Balaban J connectivity index is 1.37. The average Bonchev–Trinajstić information content (AvgIpc) is 3.56. The second-order valence-electron chi connectivity index (χ2n) is 18.6. The van der Waals surface area contributed by atoms with Crippen LogP contribution in [0, 0.1) is 6.92 Å². The first-order valence-corrected chi connectivity index (χ1v) is 20.0. The summed E-state index contributed by atoms with van der Waals surface area (Å²) in [7, 11) is 0. The van der Waals surface area contributed by atoms with Crippen molar-refractivity contribution in [3.63, 3.8) is 0 Å². The molecule has 256 valence electrons. The van der Waals surface area contributed by atoms with Gasteiger partial charge in [-0.3, -0.25) is 0 Å². The summed E-state index contributed by atoms with van der Waals surface area (Å²) in [5.74, 6) is 0. The monoisotopic (exact) mass is 684 g/mol. The predicted octanol–water partition coefficient (Wildman–Crippen LogP) is 11.3. The molecule has 0 N–H and O–H groups in total. The van der Waals surface area contributed by atoms with Gasteiger partial charge in [-0.2, -0.15) is 0 Å². The van der Waals surface area contributed by atoms with Crippen LogP contribution in [0.25, 0.3) is 20.2 Å².